The average Bonchev–Trinajstić information content (AvgIpc) is 2.81. The molecule has 2 amide bonds. The van der Waals surface area contributed by atoms with Gasteiger partial charge in [-0.25, -0.2) is 14.9 Å². The third-order valence-electron chi connectivity index (χ3n) is 5.73. The number of nitrogens with two attached hydrogens (primary N) is 1. The second kappa shape index (κ2) is 17.4. The fourth-order valence-electron chi connectivity index (χ4n) is 3.92. The van der Waals surface area contributed by atoms with Crippen LogP contribution in [0, 0.1) is 16.0 Å². The third-order valence-corrected chi connectivity index (χ3v) is 5.73. The number of ether oxygens (including phenoxy) is 3. The van der Waals surface area contributed by atoms with E-state index in [1.807, 2.05) is 0 Å². The first kappa shape index (κ1) is 32.9. The Kier molecular flexibility index (Phi) is 15.0. The summed E-state index contributed by atoms with van der Waals surface area (Å²) < 4.78 is 15.9. The molecule has 1 atom stereocenters. The Labute approximate surface area is 224 Å². The molecule has 0 bridgehead atoms. The lowest BCUT2D eigenvalue weighted by atomic mass is 9.93. The smallest absolute Gasteiger partial charge is 0.408 e. The Bertz CT molecular complexity index is 793. The minimum atomic E-state index is -0.902. The fraction of sp³-hybridized carbons (Fsp3) is 0.833. The zero-order valence-electron chi connectivity index (χ0n) is 23.0. The van der Waals surface area contributed by atoms with Crippen molar-refractivity contribution in [2.75, 3.05) is 39.5 Å². The van der Waals surface area contributed by atoms with Crippen molar-refractivity contribution in [3.8, 4) is 0 Å². The van der Waals surface area contributed by atoms with E-state index in [0.29, 0.717) is 58.1 Å². The highest BCUT2D eigenvalue weighted by Gasteiger charge is 2.30. The van der Waals surface area contributed by atoms with Gasteiger partial charge in [0.25, 0.3) is 5.96 Å². The molecule has 14 heteroatoms. The summed E-state index contributed by atoms with van der Waals surface area (Å²) >= 11 is 0. The van der Waals surface area contributed by atoms with Gasteiger partial charge in [0, 0.05) is 39.3 Å². The van der Waals surface area contributed by atoms with Crippen LogP contribution in [-0.4, -0.2) is 85.0 Å². The number of likely N-dealkylation sites (tertiary alicyclic amines) is 1. The monoisotopic (exact) mass is 544 g/mol. The molecule has 0 unspecified atom stereocenters. The number of nitrogens with zero attached hydrogens (tertiary/aromatic N) is 3. The highest BCUT2D eigenvalue weighted by Crippen LogP contribution is 2.22. The molecule has 1 rings (SSSR count). The van der Waals surface area contributed by atoms with E-state index in [-0.39, 0.29) is 30.8 Å². The van der Waals surface area contributed by atoms with Gasteiger partial charge in [-0.15, -0.1) is 0 Å². The van der Waals surface area contributed by atoms with Gasteiger partial charge in [0.1, 0.15) is 16.7 Å². The van der Waals surface area contributed by atoms with Crippen LogP contribution in [0.1, 0.15) is 72.6 Å². The number of esters is 1. The van der Waals surface area contributed by atoms with Crippen molar-refractivity contribution in [3.05, 3.63) is 10.1 Å². The van der Waals surface area contributed by atoms with Crippen LogP contribution in [-0.2, 0) is 23.8 Å². The number of hydrogen-bond donors (Lipinski definition) is 3. The van der Waals surface area contributed by atoms with Gasteiger partial charge in [-0.1, -0.05) is 0 Å². The molecule has 1 aliphatic heterocycles. The molecule has 38 heavy (non-hydrogen) atoms. The molecular formula is C24H44N6O8. The predicted molar refractivity (Wildman–Crippen MR) is 140 cm³/mol. The van der Waals surface area contributed by atoms with Crippen molar-refractivity contribution >= 4 is 23.9 Å². The van der Waals surface area contributed by atoms with Crippen molar-refractivity contribution in [3.63, 3.8) is 0 Å². The standard InChI is InChI=1S/C24H44N6O8/c1-5-37-20(31)9-7-16-36-17-12-18-10-14-29(15-11-18)21(32)19(27-23(33)38-24(2,3)4)8-6-13-26-22(25)28-30(34)35/h18-19H,5-17H2,1-4H3,(H,27,33)(H3,25,26,28)/t19-/m0/s1. The van der Waals surface area contributed by atoms with E-state index in [2.05, 4.69) is 15.7 Å². The van der Waals surface area contributed by atoms with Crippen LogP contribution < -0.4 is 16.4 Å². The zero-order chi connectivity index (χ0) is 28.6. The number of nitrogens with one attached hydrogen (secondary N) is 2. The molecule has 4 N–H and O–H groups in total. The molecule has 0 aromatic rings. The van der Waals surface area contributed by atoms with Crippen LogP contribution in [0.2, 0.25) is 0 Å². The summed E-state index contributed by atoms with van der Waals surface area (Å²) in [6, 6.07) is -0.806. The Morgan fingerprint density at radius 3 is 2.47 bits per heavy atom. The van der Waals surface area contributed by atoms with Crippen LogP contribution in [0.3, 0.4) is 0 Å². The maximum Gasteiger partial charge on any atom is 0.408 e. The molecule has 0 aromatic heterocycles. The number of alkyl carbamates (subject to hydrolysis) is 1. The largest absolute Gasteiger partial charge is 0.466 e. The Hall–Kier alpha value is -3.16. The Balaban J connectivity index is 2.50. The molecule has 0 aromatic carbocycles. The number of hydrogen-bond acceptors (Lipinski definition) is 8. The van der Waals surface area contributed by atoms with Crippen LogP contribution in [0.25, 0.3) is 0 Å². The number of amides is 2. The SMILES string of the molecule is CCOC(=O)CCCOCCC1CCN(C(=O)[C@H](CCCN/C(N)=N/[N+](=O)[O-])NC(=O)OC(C)(C)C)CC1. The number of hydrazone groups is 1. The maximum absolute atomic E-state index is 13.2. The highest BCUT2D eigenvalue weighted by atomic mass is 16.7. The summed E-state index contributed by atoms with van der Waals surface area (Å²) in [5, 5.41) is 17.7. The number of carbonyl (C=O) groups is 3. The molecular weight excluding hydrogens is 500 g/mol. The summed E-state index contributed by atoms with van der Waals surface area (Å²) in [6.07, 6.45) is 3.51. The van der Waals surface area contributed by atoms with Gasteiger partial charge < -0.3 is 35.5 Å². The van der Waals surface area contributed by atoms with E-state index in [4.69, 9.17) is 19.9 Å². The number of guanidine groups is 1. The van der Waals surface area contributed by atoms with Crippen molar-refractivity contribution in [1.82, 2.24) is 15.5 Å². The number of rotatable bonds is 15. The summed E-state index contributed by atoms with van der Waals surface area (Å²) in [6.45, 7) is 9.85. The van der Waals surface area contributed by atoms with Gasteiger partial charge >= 0.3 is 12.1 Å². The lowest BCUT2D eigenvalue weighted by Gasteiger charge is -2.34. The normalized spacial score (nSPS) is 15.5. The maximum atomic E-state index is 13.2. The van der Waals surface area contributed by atoms with E-state index in [1.54, 1.807) is 32.6 Å². The van der Waals surface area contributed by atoms with Crippen molar-refractivity contribution < 1.29 is 33.6 Å². The van der Waals surface area contributed by atoms with Crippen LogP contribution in [0.15, 0.2) is 5.10 Å². The molecule has 14 nitrogen and oxygen atoms in total. The minimum Gasteiger partial charge on any atom is -0.466 e. The summed E-state index contributed by atoms with van der Waals surface area (Å²) in [4.78, 5) is 49.1. The number of piperidine rings is 1. The van der Waals surface area contributed by atoms with Crippen LogP contribution in [0.4, 0.5) is 4.79 Å². The highest BCUT2D eigenvalue weighted by molar-refractivity contribution is 5.85. The van der Waals surface area contributed by atoms with Crippen LogP contribution in [0.5, 0.6) is 0 Å². The second-order valence-electron chi connectivity index (χ2n) is 10.1. The Morgan fingerprint density at radius 1 is 1.18 bits per heavy atom. The first-order valence-electron chi connectivity index (χ1n) is 13.1. The first-order valence-corrected chi connectivity index (χ1v) is 13.1. The number of nitro groups is 1. The molecule has 0 radical (unpaired) electrons. The quantitative estimate of drug-likeness (QED) is 0.0684. The topological polar surface area (TPSA) is 188 Å². The zero-order valence-corrected chi connectivity index (χ0v) is 23.0. The van der Waals surface area contributed by atoms with Gasteiger partial charge in [0.05, 0.1) is 6.61 Å². The van der Waals surface area contributed by atoms with E-state index in [0.717, 1.165) is 19.3 Å². The lowest BCUT2D eigenvalue weighted by molar-refractivity contribution is -0.485. The average molecular weight is 545 g/mol. The molecule has 0 aliphatic carbocycles. The molecule has 0 spiro atoms. The van der Waals surface area contributed by atoms with E-state index in [9.17, 15) is 24.5 Å². The Morgan fingerprint density at radius 2 is 1.87 bits per heavy atom. The molecule has 1 saturated heterocycles. The first-order chi connectivity index (χ1) is 17.9. The van der Waals surface area contributed by atoms with Gasteiger partial charge in [-0.3, -0.25) is 9.59 Å². The lowest BCUT2D eigenvalue weighted by Crippen LogP contribution is -2.51. The predicted octanol–water partition coefficient (Wildman–Crippen LogP) is 1.74. The summed E-state index contributed by atoms with van der Waals surface area (Å²) in [5.41, 5.74) is 4.70. The minimum absolute atomic E-state index is 0.198. The summed E-state index contributed by atoms with van der Waals surface area (Å²) in [7, 11) is 0. The molecule has 1 fully saturated rings. The van der Waals surface area contributed by atoms with Gasteiger partial charge in [0.2, 0.25) is 5.91 Å². The molecule has 1 heterocycles. The fourth-order valence-corrected chi connectivity index (χ4v) is 3.92. The molecule has 1 aliphatic rings. The third kappa shape index (κ3) is 15.2. The van der Waals surface area contributed by atoms with E-state index in [1.165, 1.54) is 0 Å². The van der Waals surface area contributed by atoms with Crippen LogP contribution >= 0.6 is 0 Å². The summed E-state index contributed by atoms with van der Waals surface area (Å²) in [5.74, 6) is -0.314. The van der Waals surface area contributed by atoms with Gasteiger partial charge in [-0.2, -0.15) is 0 Å². The molecule has 0 saturated carbocycles. The van der Waals surface area contributed by atoms with Gasteiger partial charge in [-0.05, 0) is 72.1 Å². The van der Waals surface area contributed by atoms with Crippen molar-refractivity contribution in [2.24, 2.45) is 16.8 Å². The van der Waals surface area contributed by atoms with E-state index >= 15 is 0 Å². The number of carbonyl (C=O) groups excluding carboxylic acids is 3. The second-order valence-corrected chi connectivity index (χ2v) is 10.1. The molecule has 218 valence electrons. The van der Waals surface area contributed by atoms with Gasteiger partial charge in [0.15, 0.2) is 5.03 Å². The van der Waals surface area contributed by atoms with Crippen molar-refractivity contribution in [2.45, 2.75) is 84.3 Å². The van der Waals surface area contributed by atoms with Crippen molar-refractivity contribution in [1.29, 1.82) is 0 Å². The van der Waals surface area contributed by atoms with E-state index < -0.39 is 22.8 Å².